The zero-order chi connectivity index (χ0) is 16.2. The van der Waals surface area contributed by atoms with Crippen molar-refractivity contribution in [3.8, 4) is 5.75 Å². The molecule has 0 spiro atoms. The molecule has 0 radical (unpaired) electrons. The van der Waals surface area contributed by atoms with E-state index in [2.05, 4.69) is 4.72 Å². The maximum atomic E-state index is 12.3. The predicted molar refractivity (Wildman–Crippen MR) is 80.5 cm³/mol. The zero-order valence-corrected chi connectivity index (χ0v) is 13.2. The van der Waals surface area contributed by atoms with Crippen LogP contribution in [-0.2, 0) is 10.0 Å². The van der Waals surface area contributed by atoms with Gasteiger partial charge in [0.05, 0.1) is 7.11 Å². The first-order valence-corrected chi connectivity index (χ1v) is 8.53. The third-order valence-electron chi connectivity index (χ3n) is 3.81. The van der Waals surface area contributed by atoms with E-state index in [0.717, 1.165) is 0 Å². The Morgan fingerprint density at radius 1 is 1.36 bits per heavy atom. The number of ether oxygens (including phenoxy) is 1. The van der Waals surface area contributed by atoms with Gasteiger partial charge in [0.2, 0.25) is 10.0 Å². The molecule has 0 saturated carbocycles. The normalized spacial score (nSPS) is 16.5. The summed E-state index contributed by atoms with van der Waals surface area (Å²) in [5.41, 5.74) is 0. The Kier molecular flexibility index (Phi) is 5.25. The van der Waals surface area contributed by atoms with E-state index in [9.17, 15) is 13.2 Å². The number of piperidine rings is 1. The first-order chi connectivity index (χ1) is 10.4. The quantitative estimate of drug-likeness (QED) is 0.851. The molecule has 122 valence electrons. The number of hydrogen-bond donors (Lipinski definition) is 2. The molecule has 2 N–H and O–H groups in total. The smallest absolute Gasteiger partial charge is 0.407 e. The molecule has 0 unspecified atom stereocenters. The van der Waals surface area contributed by atoms with Gasteiger partial charge in [-0.15, -0.1) is 0 Å². The molecule has 0 aromatic heterocycles. The Hall–Kier alpha value is -1.80. The molecule has 1 fully saturated rings. The molecule has 2 rings (SSSR count). The van der Waals surface area contributed by atoms with E-state index in [4.69, 9.17) is 9.84 Å². The molecule has 1 aliphatic rings. The summed E-state index contributed by atoms with van der Waals surface area (Å²) in [5, 5.41) is 8.89. The number of likely N-dealkylation sites (tertiary alicyclic amines) is 1. The second-order valence-corrected chi connectivity index (χ2v) is 6.95. The Morgan fingerprint density at radius 3 is 2.59 bits per heavy atom. The van der Waals surface area contributed by atoms with E-state index >= 15 is 0 Å². The molecule has 22 heavy (non-hydrogen) atoms. The maximum Gasteiger partial charge on any atom is 0.407 e. The van der Waals surface area contributed by atoms with Gasteiger partial charge in [-0.3, -0.25) is 0 Å². The molecule has 1 aliphatic heterocycles. The Labute approximate surface area is 129 Å². The van der Waals surface area contributed by atoms with E-state index in [1.54, 1.807) is 18.2 Å². The molecule has 1 heterocycles. The van der Waals surface area contributed by atoms with Gasteiger partial charge >= 0.3 is 6.09 Å². The van der Waals surface area contributed by atoms with Crippen molar-refractivity contribution in [1.29, 1.82) is 0 Å². The van der Waals surface area contributed by atoms with Crippen molar-refractivity contribution in [3.05, 3.63) is 24.3 Å². The third-order valence-corrected chi connectivity index (χ3v) is 5.27. The number of carbonyl (C=O) groups is 1. The van der Waals surface area contributed by atoms with Crippen molar-refractivity contribution in [3.63, 3.8) is 0 Å². The standard InChI is InChI=1S/C14H20N2O5S/c1-21-12-4-2-3-5-13(12)22(19,20)15-10-11-6-8-16(9-7-11)14(17)18/h2-5,11,15H,6-10H2,1H3,(H,17,18). The molecular weight excluding hydrogens is 308 g/mol. The molecule has 1 aromatic carbocycles. The minimum Gasteiger partial charge on any atom is -0.495 e. The Bertz CT molecular complexity index is 624. The van der Waals surface area contributed by atoms with Crippen molar-refractivity contribution >= 4 is 16.1 Å². The number of amides is 1. The van der Waals surface area contributed by atoms with E-state index < -0.39 is 16.1 Å². The van der Waals surface area contributed by atoms with E-state index in [1.807, 2.05) is 0 Å². The molecule has 8 heteroatoms. The number of hydrogen-bond acceptors (Lipinski definition) is 4. The molecule has 0 aliphatic carbocycles. The lowest BCUT2D eigenvalue weighted by Gasteiger charge is -2.29. The largest absolute Gasteiger partial charge is 0.495 e. The van der Waals surface area contributed by atoms with Crippen LogP contribution in [0.15, 0.2) is 29.2 Å². The second-order valence-electron chi connectivity index (χ2n) is 5.22. The molecule has 0 atom stereocenters. The lowest BCUT2D eigenvalue weighted by Crippen LogP contribution is -2.40. The van der Waals surface area contributed by atoms with Crippen molar-refractivity contribution < 1.29 is 23.1 Å². The number of para-hydroxylation sites is 1. The maximum absolute atomic E-state index is 12.3. The van der Waals surface area contributed by atoms with E-state index in [1.165, 1.54) is 18.1 Å². The summed E-state index contributed by atoms with van der Waals surface area (Å²) in [7, 11) is -2.21. The lowest BCUT2D eigenvalue weighted by atomic mass is 9.97. The van der Waals surface area contributed by atoms with Crippen molar-refractivity contribution in [2.75, 3.05) is 26.7 Å². The van der Waals surface area contributed by atoms with Crippen LogP contribution >= 0.6 is 0 Å². The van der Waals surface area contributed by atoms with Gasteiger partial charge in [0.1, 0.15) is 10.6 Å². The Balaban J connectivity index is 1.95. The summed E-state index contributed by atoms with van der Waals surface area (Å²) in [5.74, 6) is 0.441. The van der Waals surface area contributed by atoms with E-state index in [-0.39, 0.29) is 10.8 Å². The fourth-order valence-corrected chi connectivity index (χ4v) is 3.76. The highest BCUT2D eigenvalue weighted by molar-refractivity contribution is 7.89. The summed E-state index contributed by atoms with van der Waals surface area (Å²) in [4.78, 5) is 12.3. The van der Waals surface area contributed by atoms with Gasteiger partial charge in [0, 0.05) is 19.6 Å². The van der Waals surface area contributed by atoms with Crippen molar-refractivity contribution in [2.45, 2.75) is 17.7 Å². The molecule has 1 aromatic rings. The fourth-order valence-electron chi connectivity index (χ4n) is 2.47. The van der Waals surface area contributed by atoms with E-state index in [0.29, 0.717) is 38.2 Å². The summed E-state index contributed by atoms with van der Waals surface area (Å²) in [6.45, 7) is 1.18. The topological polar surface area (TPSA) is 95.9 Å². The van der Waals surface area contributed by atoms with Crippen LogP contribution in [0.4, 0.5) is 4.79 Å². The van der Waals surface area contributed by atoms with Crippen LogP contribution < -0.4 is 9.46 Å². The van der Waals surface area contributed by atoms with Crippen LogP contribution in [0.3, 0.4) is 0 Å². The molecule has 7 nitrogen and oxygen atoms in total. The van der Waals surface area contributed by atoms with Gasteiger partial charge in [0.15, 0.2) is 0 Å². The van der Waals surface area contributed by atoms with Crippen LogP contribution in [0.1, 0.15) is 12.8 Å². The highest BCUT2D eigenvalue weighted by Gasteiger charge is 2.25. The zero-order valence-electron chi connectivity index (χ0n) is 12.4. The molecule has 1 amide bonds. The van der Waals surface area contributed by atoms with Crippen molar-refractivity contribution in [1.82, 2.24) is 9.62 Å². The number of sulfonamides is 1. The van der Waals surface area contributed by atoms with Crippen LogP contribution in [0.5, 0.6) is 5.75 Å². The number of rotatable bonds is 5. The minimum atomic E-state index is -3.64. The highest BCUT2D eigenvalue weighted by atomic mass is 32.2. The lowest BCUT2D eigenvalue weighted by molar-refractivity contribution is 0.125. The molecule has 0 bridgehead atoms. The number of nitrogens with zero attached hydrogens (tertiary/aromatic N) is 1. The van der Waals surface area contributed by atoms with Gasteiger partial charge < -0.3 is 14.7 Å². The summed E-state index contributed by atoms with van der Waals surface area (Å²) >= 11 is 0. The third kappa shape index (κ3) is 3.89. The summed E-state index contributed by atoms with van der Waals surface area (Å²) < 4.78 is 32.3. The van der Waals surface area contributed by atoms with Crippen LogP contribution in [0.25, 0.3) is 0 Å². The van der Waals surface area contributed by atoms with Crippen LogP contribution in [-0.4, -0.2) is 51.3 Å². The second kappa shape index (κ2) is 6.97. The van der Waals surface area contributed by atoms with Crippen LogP contribution in [0, 0.1) is 5.92 Å². The predicted octanol–water partition coefficient (Wildman–Crippen LogP) is 1.36. The van der Waals surface area contributed by atoms with Gasteiger partial charge in [-0.1, -0.05) is 12.1 Å². The summed E-state index contributed by atoms with van der Waals surface area (Å²) in [6, 6.07) is 6.44. The number of nitrogens with one attached hydrogen (secondary N) is 1. The monoisotopic (exact) mass is 328 g/mol. The first kappa shape index (κ1) is 16.6. The van der Waals surface area contributed by atoms with Crippen LogP contribution in [0.2, 0.25) is 0 Å². The average Bonchev–Trinajstić information content (AvgIpc) is 2.53. The minimum absolute atomic E-state index is 0.112. The van der Waals surface area contributed by atoms with Gasteiger partial charge in [-0.05, 0) is 30.9 Å². The number of benzene rings is 1. The highest BCUT2D eigenvalue weighted by Crippen LogP contribution is 2.23. The van der Waals surface area contributed by atoms with Gasteiger partial charge in [0.25, 0.3) is 0 Å². The first-order valence-electron chi connectivity index (χ1n) is 7.04. The summed E-state index contributed by atoms with van der Waals surface area (Å²) in [6.07, 6.45) is 0.384. The van der Waals surface area contributed by atoms with Gasteiger partial charge in [-0.25, -0.2) is 17.9 Å². The average molecular weight is 328 g/mol. The molecule has 1 saturated heterocycles. The SMILES string of the molecule is COc1ccccc1S(=O)(=O)NCC1CCN(C(=O)O)CC1. The number of methoxy groups -OCH3 is 1. The fraction of sp³-hybridized carbons (Fsp3) is 0.500. The van der Waals surface area contributed by atoms with Gasteiger partial charge in [-0.2, -0.15) is 0 Å². The van der Waals surface area contributed by atoms with Crippen molar-refractivity contribution in [2.24, 2.45) is 5.92 Å². The Morgan fingerprint density at radius 2 is 2.00 bits per heavy atom. The molecular formula is C14H20N2O5S. The number of carboxylic acid groups (broad SMARTS) is 1.